The zero-order valence-corrected chi connectivity index (χ0v) is 13.1. The topological polar surface area (TPSA) is 80.3 Å². The van der Waals surface area contributed by atoms with Gasteiger partial charge in [-0.1, -0.05) is 0 Å². The summed E-state index contributed by atoms with van der Waals surface area (Å²) in [6.07, 6.45) is 1.04. The molecule has 0 aromatic heterocycles. The molecule has 0 heterocycles. The van der Waals surface area contributed by atoms with Crippen molar-refractivity contribution in [2.24, 2.45) is 0 Å². The largest absolute Gasteiger partial charge is 0.529 e. The van der Waals surface area contributed by atoms with Crippen LogP contribution in [0.15, 0.2) is 36.1 Å². The fraction of sp³-hybridized carbons (Fsp3) is 0.308. The maximum Gasteiger partial charge on any atom is 0.529 e. The molecule has 0 unspecified atom stereocenters. The summed E-state index contributed by atoms with van der Waals surface area (Å²) in [5.74, 6) is 0.342. The Morgan fingerprint density at radius 1 is 1.05 bits per heavy atom. The average molecular weight is 316 g/mol. The van der Waals surface area contributed by atoms with E-state index >= 15 is 0 Å². The average Bonchev–Trinajstić information content (AvgIpc) is 2.47. The molecule has 0 N–H and O–H groups in total. The third kappa shape index (κ3) is 5.59. The number of ether oxygens (including phenoxy) is 2. The van der Waals surface area contributed by atoms with Crippen LogP contribution in [0, 0.1) is 0 Å². The van der Waals surface area contributed by atoms with Gasteiger partial charge in [-0.05, 0) is 31.2 Å². The minimum absolute atomic E-state index is 0.0422. The van der Waals surface area contributed by atoms with Crippen LogP contribution in [0.25, 0.3) is 0 Å². The number of esters is 1. The molecule has 1 aromatic rings. The molecule has 0 aliphatic heterocycles. The zero-order valence-electron chi connectivity index (χ0n) is 12.2. The van der Waals surface area contributed by atoms with E-state index in [1.54, 1.807) is 24.3 Å². The molecule has 21 heavy (non-hydrogen) atoms. The summed E-state index contributed by atoms with van der Waals surface area (Å²) in [6, 6.07) is 6.46. The van der Waals surface area contributed by atoms with Crippen LogP contribution in [0.1, 0.15) is 6.92 Å². The predicted octanol–water partition coefficient (Wildman–Crippen LogP) is 2.92. The molecule has 0 amide bonds. The predicted molar refractivity (Wildman–Crippen MR) is 75.1 cm³/mol. The van der Waals surface area contributed by atoms with Gasteiger partial charge in [0.1, 0.15) is 17.3 Å². The molecule has 0 bridgehead atoms. The van der Waals surface area contributed by atoms with Crippen LogP contribution >= 0.6 is 7.82 Å². The van der Waals surface area contributed by atoms with Crippen molar-refractivity contribution < 1.29 is 32.4 Å². The third-order valence-electron chi connectivity index (χ3n) is 2.30. The SMILES string of the molecule is COc1ccc(OC(=O)/C=C(\C)OP(=O)(OC)OC)cc1. The second-order valence-electron chi connectivity index (χ2n) is 3.76. The van der Waals surface area contributed by atoms with Gasteiger partial charge in [-0.2, -0.15) is 0 Å². The van der Waals surface area contributed by atoms with Crippen molar-refractivity contribution in [3.8, 4) is 11.5 Å². The Balaban J connectivity index is 2.66. The summed E-state index contributed by atoms with van der Waals surface area (Å²) in [6.45, 7) is 1.43. The van der Waals surface area contributed by atoms with Crippen molar-refractivity contribution >= 4 is 13.8 Å². The number of hydrogen-bond acceptors (Lipinski definition) is 7. The molecule has 0 aliphatic rings. The molecule has 0 saturated carbocycles. The molecule has 0 atom stereocenters. The first-order valence-electron chi connectivity index (χ1n) is 5.87. The van der Waals surface area contributed by atoms with Crippen molar-refractivity contribution in [2.75, 3.05) is 21.3 Å². The molecule has 0 fully saturated rings. The number of methoxy groups -OCH3 is 1. The maximum absolute atomic E-state index is 11.7. The van der Waals surface area contributed by atoms with E-state index in [0.717, 1.165) is 6.08 Å². The zero-order chi connectivity index (χ0) is 15.9. The lowest BCUT2D eigenvalue weighted by Gasteiger charge is -2.14. The molecule has 0 saturated heterocycles. The maximum atomic E-state index is 11.7. The number of carbonyl (C=O) groups excluding carboxylic acids is 1. The van der Waals surface area contributed by atoms with E-state index in [9.17, 15) is 9.36 Å². The van der Waals surface area contributed by atoms with E-state index in [4.69, 9.17) is 14.0 Å². The molecule has 0 radical (unpaired) electrons. The minimum atomic E-state index is -3.68. The minimum Gasteiger partial charge on any atom is -0.497 e. The summed E-state index contributed by atoms with van der Waals surface area (Å²) in [7, 11) is 0.205. The Bertz CT molecular complexity index is 542. The second-order valence-corrected chi connectivity index (χ2v) is 5.56. The fourth-order valence-corrected chi connectivity index (χ4v) is 2.01. The Kier molecular flexibility index (Phi) is 6.42. The number of rotatable bonds is 7. The smallest absolute Gasteiger partial charge is 0.497 e. The van der Waals surface area contributed by atoms with Gasteiger partial charge in [-0.3, -0.25) is 9.05 Å². The number of allylic oxidation sites excluding steroid dienone is 1. The summed E-state index contributed by atoms with van der Waals surface area (Å²) in [5, 5.41) is 0. The van der Waals surface area contributed by atoms with Crippen LogP contribution in [0.3, 0.4) is 0 Å². The van der Waals surface area contributed by atoms with E-state index in [2.05, 4.69) is 9.05 Å². The highest BCUT2D eigenvalue weighted by Crippen LogP contribution is 2.49. The normalized spacial score (nSPS) is 11.9. The van der Waals surface area contributed by atoms with Gasteiger partial charge >= 0.3 is 13.8 Å². The van der Waals surface area contributed by atoms with Gasteiger partial charge in [0.05, 0.1) is 13.2 Å². The van der Waals surface area contributed by atoms with E-state index in [1.165, 1.54) is 28.3 Å². The first kappa shape index (κ1) is 17.2. The summed E-state index contributed by atoms with van der Waals surface area (Å²) in [5.41, 5.74) is 0. The molecule has 0 spiro atoms. The highest BCUT2D eigenvalue weighted by molar-refractivity contribution is 7.48. The van der Waals surface area contributed by atoms with E-state index in [-0.39, 0.29) is 5.76 Å². The lowest BCUT2D eigenvalue weighted by atomic mass is 10.3. The summed E-state index contributed by atoms with van der Waals surface area (Å²) < 4.78 is 35.8. The van der Waals surface area contributed by atoms with Crippen molar-refractivity contribution in [1.29, 1.82) is 0 Å². The Labute approximate surface area is 123 Å². The van der Waals surface area contributed by atoms with Crippen molar-refractivity contribution in [3.63, 3.8) is 0 Å². The van der Waals surface area contributed by atoms with Gasteiger partial charge in [0.2, 0.25) is 0 Å². The first-order chi connectivity index (χ1) is 9.92. The number of carbonyl (C=O) groups is 1. The van der Waals surface area contributed by atoms with Crippen molar-refractivity contribution in [1.82, 2.24) is 0 Å². The van der Waals surface area contributed by atoms with Crippen molar-refractivity contribution in [3.05, 3.63) is 36.1 Å². The Morgan fingerprint density at radius 3 is 2.05 bits per heavy atom. The van der Waals surface area contributed by atoms with E-state index < -0.39 is 13.8 Å². The number of benzene rings is 1. The highest BCUT2D eigenvalue weighted by Gasteiger charge is 2.24. The van der Waals surface area contributed by atoms with E-state index in [1.807, 2.05) is 0 Å². The van der Waals surface area contributed by atoms with Gasteiger partial charge in [-0.15, -0.1) is 0 Å². The molecular weight excluding hydrogens is 299 g/mol. The van der Waals surface area contributed by atoms with Crippen LogP contribution in [0.5, 0.6) is 11.5 Å². The Hall–Kier alpha value is -1.82. The summed E-state index contributed by atoms with van der Waals surface area (Å²) >= 11 is 0. The quantitative estimate of drug-likeness (QED) is 0.251. The number of hydrogen-bond donors (Lipinski definition) is 0. The molecule has 7 nitrogen and oxygen atoms in total. The number of phosphoric acid groups is 1. The van der Waals surface area contributed by atoms with E-state index in [0.29, 0.717) is 11.5 Å². The van der Waals surface area contributed by atoms with Crippen LogP contribution in [0.2, 0.25) is 0 Å². The van der Waals surface area contributed by atoms with Crippen LogP contribution < -0.4 is 9.47 Å². The van der Waals surface area contributed by atoms with Gasteiger partial charge in [0.25, 0.3) is 0 Å². The van der Waals surface area contributed by atoms with Crippen molar-refractivity contribution in [2.45, 2.75) is 6.92 Å². The van der Waals surface area contributed by atoms with Crippen LogP contribution in [0.4, 0.5) is 0 Å². The van der Waals surface area contributed by atoms with Crippen LogP contribution in [-0.4, -0.2) is 27.3 Å². The molecule has 1 aromatic carbocycles. The lowest BCUT2D eigenvalue weighted by molar-refractivity contribution is -0.129. The molecule has 8 heteroatoms. The second kappa shape index (κ2) is 7.83. The molecule has 116 valence electrons. The Morgan fingerprint density at radius 2 is 1.57 bits per heavy atom. The van der Waals surface area contributed by atoms with Gasteiger partial charge in [0.15, 0.2) is 0 Å². The van der Waals surface area contributed by atoms with Gasteiger partial charge in [-0.25, -0.2) is 9.36 Å². The molecule has 0 aliphatic carbocycles. The monoisotopic (exact) mass is 316 g/mol. The van der Waals surface area contributed by atoms with Crippen LogP contribution in [-0.2, 0) is 22.9 Å². The van der Waals surface area contributed by atoms with Gasteiger partial charge < -0.3 is 14.0 Å². The van der Waals surface area contributed by atoms with Gasteiger partial charge in [0, 0.05) is 14.2 Å². The fourth-order valence-electron chi connectivity index (χ4n) is 1.31. The third-order valence-corrected chi connectivity index (χ3v) is 3.71. The number of phosphoric ester groups is 1. The highest BCUT2D eigenvalue weighted by atomic mass is 31.2. The molecule has 1 rings (SSSR count). The first-order valence-corrected chi connectivity index (χ1v) is 7.33. The summed E-state index contributed by atoms with van der Waals surface area (Å²) in [4.78, 5) is 11.7. The molecular formula is C13H17O7P. The lowest BCUT2D eigenvalue weighted by Crippen LogP contribution is -2.05. The standard InChI is InChI=1S/C13H17O7P/c1-10(20-21(15,17-3)18-4)9-13(14)19-12-7-5-11(16-2)6-8-12/h5-9H,1-4H3/b10-9+.